The van der Waals surface area contributed by atoms with Gasteiger partial charge in [-0.1, -0.05) is 18.6 Å². The summed E-state index contributed by atoms with van der Waals surface area (Å²) in [6, 6.07) is 11.5. The van der Waals surface area contributed by atoms with E-state index in [0.717, 1.165) is 53.6 Å². The molecule has 1 aliphatic heterocycles. The topological polar surface area (TPSA) is 105 Å². The maximum Gasteiger partial charge on any atom is 0.238 e. The first kappa shape index (κ1) is 18.1. The minimum Gasteiger partial charge on any atom is -0.497 e. The number of carbonyl (C=O) groups excluding carboxylic acids is 1. The van der Waals surface area contributed by atoms with Gasteiger partial charge in [0, 0.05) is 11.9 Å². The SMILES string of the molecule is COc1ccc(CN2C(=O)C3(CCC3)c3cc(/C(N)=C/C=N)cc(N)c32)cc1. The Kier molecular flexibility index (Phi) is 4.34. The molecular weight excluding hydrogens is 352 g/mol. The Morgan fingerprint density at radius 3 is 2.57 bits per heavy atom. The zero-order chi connectivity index (χ0) is 19.9. The van der Waals surface area contributed by atoms with Crippen molar-refractivity contribution in [2.45, 2.75) is 31.2 Å². The molecule has 2 aliphatic rings. The lowest BCUT2D eigenvalue weighted by atomic mass is 9.65. The van der Waals surface area contributed by atoms with Crippen LogP contribution in [0, 0.1) is 5.41 Å². The van der Waals surface area contributed by atoms with Crippen molar-refractivity contribution in [1.82, 2.24) is 0 Å². The summed E-state index contributed by atoms with van der Waals surface area (Å²) in [5.41, 5.74) is 16.5. The highest BCUT2D eigenvalue weighted by atomic mass is 16.5. The summed E-state index contributed by atoms with van der Waals surface area (Å²) in [6.07, 6.45) is 5.36. The predicted molar refractivity (Wildman–Crippen MR) is 112 cm³/mol. The molecule has 0 radical (unpaired) electrons. The summed E-state index contributed by atoms with van der Waals surface area (Å²) in [6.45, 7) is 0.465. The number of anilines is 2. The molecule has 2 aromatic carbocycles. The van der Waals surface area contributed by atoms with Crippen LogP contribution >= 0.6 is 0 Å². The van der Waals surface area contributed by atoms with E-state index in [1.54, 1.807) is 13.2 Å². The number of rotatable bonds is 5. The van der Waals surface area contributed by atoms with Gasteiger partial charge in [-0.05, 0) is 59.9 Å². The van der Waals surface area contributed by atoms with E-state index in [2.05, 4.69) is 0 Å². The molecule has 1 saturated carbocycles. The van der Waals surface area contributed by atoms with Crippen LogP contribution in [-0.2, 0) is 16.8 Å². The van der Waals surface area contributed by atoms with Crippen LogP contribution in [0.15, 0.2) is 42.5 Å². The highest BCUT2D eigenvalue weighted by molar-refractivity contribution is 6.11. The molecule has 4 rings (SSSR count). The number of hydrogen-bond acceptors (Lipinski definition) is 5. The van der Waals surface area contributed by atoms with Crippen molar-refractivity contribution in [3.05, 3.63) is 59.2 Å². The molecule has 6 nitrogen and oxygen atoms in total. The van der Waals surface area contributed by atoms with Crippen LogP contribution in [0.25, 0.3) is 5.70 Å². The number of hydrogen-bond donors (Lipinski definition) is 3. The highest BCUT2D eigenvalue weighted by Crippen LogP contribution is 2.56. The van der Waals surface area contributed by atoms with Gasteiger partial charge in [-0.2, -0.15) is 0 Å². The number of methoxy groups -OCH3 is 1. The van der Waals surface area contributed by atoms with Crippen LogP contribution in [0.5, 0.6) is 5.75 Å². The zero-order valence-electron chi connectivity index (χ0n) is 15.9. The fourth-order valence-corrected chi connectivity index (χ4v) is 4.23. The van der Waals surface area contributed by atoms with Crippen molar-refractivity contribution >= 4 is 29.2 Å². The molecule has 0 atom stereocenters. The van der Waals surface area contributed by atoms with E-state index in [0.29, 0.717) is 17.9 Å². The van der Waals surface area contributed by atoms with Gasteiger partial charge in [0.1, 0.15) is 5.75 Å². The van der Waals surface area contributed by atoms with Gasteiger partial charge < -0.3 is 26.5 Å². The van der Waals surface area contributed by atoms with Crippen LogP contribution in [0.3, 0.4) is 0 Å². The van der Waals surface area contributed by atoms with Gasteiger partial charge in [0.15, 0.2) is 0 Å². The Bertz CT molecular complexity index is 975. The van der Waals surface area contributed by atoms with Crippen molar-refractivity contribution in [3.8, 4) is 5.75 Å². The minimum absolute atomic E-state index is 0.114. The average Bonchev–Trinajstić information content (AvgIpc) is 2.91. The van der Waals surface area contributed by atoms with Crippen molar-refractivity contribution in [1.29, 1.82) is 5.41 Å². The Balaban J connectivity index is 1.78. The number of ether oxygens (including phenoxy) is 1. The monoisotopic (exact) mass is 376 g/mol. The first-order valence-corrected chi connectivity index (χ1v) is 9.35. The molecule has 1 aliphatic carbocycles. The van der Waals surface area contributed by atoms with Crippen LogP contribution in [0.1, 0.15) is 36.0 Å². The smallest absolute Gasteiger partial charge is 0.238 e. The molecule has 1 fully saturated rings. The molecule has 1 amide bonds. The van der Waals surface area contributed by atoms with Gasteiger partial charge in [0.05, 0.1) is 30.4 Å². The summed E-state index contributed by atoms with van der Waals surface area (Å²) < 4.78 is 5.22. The van der Waals surface area contributed by atoms with E-state index in [4.69, 9.17) is 21.6 Å². The Morgan fingerprint density at radius 1 is 1.29 bits per heavy atom. The lowest BCUT2D eigenvalue weighted by molar-refractivity contribution is -0.126. The van der Waals surface area contributed by atoms with E-state index >= 15 is 0 Å². The summed E-state index contributed by atoms with van der Waals surface area (Å²) in [5, 5.41) is 7.25. The number of fused-ring (bicyclic) bond motifs is 2. The highest BCUT2D eigenvalue weighted by Gasteiger charge is 2.55. The molecule has 144 valence electrons. The first-order valence-electron chi connectivity index (χ1n) is 9.35. The standard InChI is InChI=1S/C22H24N4O2/c1-28-16-5-3-14(4-6-16)13-26-20-17(22(21(26)27)8-2-9-22)11-15(12-19(20)25)18(24)7-10-23/h3-7,10-12,23H,2,8-9,13,24-25H2,1H3/b18-7-,23-10?. The third-order valence-electron chi connectivity index (χ3n) is 5.88. The lowest BCUT2D eigenvalue weighted by Gasteiger charge is -2.37. The Hall–Kier alpha value is -3.28. The van der Waals surface area contributed by atoms with Crippen LogP contribution < -0.4 is 21.1 Å². The normalized spacial score (nSPS) is 17.4. The fraction of sp³-hybridized carbons (Fsp3) is 0.273. The second kappa shape index (κ2) is 6.71. The largest absolute Gasteiger partial charge is 0.497 e. The van der Waals surface area contributed by atoms with Gasteiger partial charge in [-0.15, -0.1) is 0 Å². The number of nitrogens with zero attached hydrogens (tertiary/aromatic N) is 1. The minimum atomic E-state index is -0.489. The van der Waals surface area contributed by atoms with Gasteiger partial charge >= 0.3 is 0 Å². The number of amides is 1. The number of allylic oxidation sites excluding steroid dienone is 1. The molecule has 0 unspecified atom stereocenters. The van der Waals surface area contributed by atoms with Crippen molar-refractivity contribution in [2.75, 3.05) is 17.7 Å². The lowest BCUT2D eigenvalue weighted by Crippen LogP contribution is -2.44. The molecule has 0 bridgehead atoms. The molecule has 1 heterocycles. The van der Waals surface area contributed by atoms with E-state index < -0.39 is 5.41 Å². The molecule has 5 N–H and O–H groups in total. The maximum absolute atomic E-state index is 13.4. The summed E-state index contributed by atoms with van der Waals surface area (Å²) in [7, 11) is 1.63. The second-order valence-corrected chi connectivity index (χ2v) is 7.43. The van der Waals surface area contributed by atoms with Gasteiger partial charge in [-0.25, -0.2) is 0 Å². The van der Waals surface area contributed by atoms with Crippen LogP contribution in [0.2, 0.25) is 0 Å². The zero-order valence-corrected chi connectivity index (χ0v) is 15.9. The number of nitrogens with one attached hydrogen (secondary N) is 1. The maximum atomic E-state index is 13.4. The summed E-state index contributed by atoms with van der Waals surface area (Å²) in [5.74, 6) is 0.896. The number of nitrogens with two attached hydrogens (primary N) is 2. The molecule has 2 aromatic rings. The molecule has 1 spiro atoms. The summed E-state index contributed by atoms with van der Waals surface area (Å²) >= 11 is 0. The van der Waals surface area contributed by atoms with Gasteiger partial charge in [0.2, 0.25) is 5.91 Å². The van der Waals surface area contributed by atoms with E-state index in [1.165, 1.54) is 6.08 Å². The van der Waals surface area contributed by atoms with E-state index in [9.17, 15) is 4.79 Å². The quantitative estimate of drug-likeness (QED) is 0.550. The van der Waals surface area contributed by atoms with Gasteiger partial charge in [0.25, 0.3) is 0 Å². The van der Waals surface area contributed by atoms with Crippen molar-refractivity contribution < 1.29 is 9.53 Å². The third-order valence-corrected chi connectivity index (χ3v) is 5.88. The summed E-state index contributed by atoms with van der Waals surface area (Å²) in [4.78, 5) is 15.2. The molecule has 6 heteroatoms. The fourth-order valence-electron chi connectivity index (χ4n) is 4.23. The second-order valence-electron chi connectivity index (χ2n) is 7.43. The van der Waals surface area contributed by atoms with Crippen molar-refractivity contribution in [3.63, 3.8) is 0 Å². The Morgan fingerprint density at radius 2 is 2.00 bits per heavy atom. The van der Waals surface area contributed by atoms with Crippen LogP contribution in [-0.4, -0.2) is 19.2 Å². The first-order chi connectivity index (χ1) is 13.5. The third kappa shape index (κ3) is 2.64. The average molecular weight is 376 g/mol. The number of benzene rings is 2. The van der Waals surface area contributed by atoms with E-state index in [-0.39, 0.29) is 5.91 Å². The number of carbonyl (C=O) groups is 1. The molecule has 0 saturated heterocycles. The predicted octanol–water partition coefficient (Wildman–Crippen LogP) is 3.20. The number of nitrogen functional groups attached to an aromatic ring is 1. The van der Waals surface area contributed by atoms with Crippen molar-refractivity contribution in [2.24, 2.45) is 5.73 Å². The van der Waals surface area contributed by atoms with Crippen LogP contribution in [0.4, 0.5) is 11.4 Å². The molecular formula is C22H24N4O2. The van der Waals surface area contributed by atoms with Gasteiger partial charge in [-0.3, -0.25) is 4.79 Å². The molecule has 28 heavy (non-hydrogen) atoms. The molecule has 0 aromatic heterocycles. The van der Waals surface area contributed by atoms with E-state index in [1.807, 2.05) is 35.2 Å². The Labute approximate surface area is 164 Å².